The van der Waals surface area contributed by atoms with Crippen molar-refractivity contribution < 1.29 is 4.79 Å². The molecule has 27 heavy (non-hydrogen) atoms. The first-order valence-corrected chi connectivity index (χ1v) is 8.78. The zero-order valence-corrected chi connectivity index (χ0v) is 17.0. The summed E-state index contributed by atoms with van der Waals surface area (Å²) in [6.45, 7) is 6.34. The maximum Gasteiger partial charge on any atom is 0.278 e. The first-order chi connectivity index (χ1) is 12.5. The summed E-state index contributed by atoms with van der Waals surface area (Å²) in [4.78, 5) is 23.6. The molecule has 4 rings (SSSR count). The maximum atomic E-state index is 13.3. The highest BCUT2D eigenvalue weighted by molar-refractivity contribution is 7.59. The van der Waals surface area contributed by atoms with Crippen LogP contribution in [0.2, 0.25) is 5.02 Å². The molecule has 140 valence electrons. The van der Waals surface area contributed by atoms with Gasteiger partial charge in [0.25, 0.3) is 5.91 Å². The molecule has 0 saturated heterocycles. The molecule has 6 nitrogen and oxygen atoms in total. The summed E-state index contributed by atoms with van der Waals surface area (Å²) >= 11 is 6.24. The SMILES string of the molecule is Cc1cc(-c2cnn3c2C(=O)N(c2cc(Cl)c(C)cn2)C[C@@H]3C)ccn1.S. The van der Waals surface area contributed by atoms with E-state index in [0.717, 1.165) is 22.4 Å². The van der Waals surface area contributed by atoms with E-state index in [2.05, 4.69) is 15.1 Å². The van der Waals surface area contributed by atoms with E-state index in [4.69, 9.17) is 11.6 Å². The van der Waals surface area contributed by atoms with Crippen LogP contribution in [0.25, 0.3) is 11.1 Å². The van der Waals surface area contributed by atoms with Gasteiger partial charge >= 0.3 is 0 Å². The monoisotopic (exact) mass is 401 g/mol. The number of halogens is 1. The minimum atomic E-state index is -0.127. The van der Waals surface area contributed by atoms with Gasteiger partial charge in [-0.15, -0.1) is 0 Å². The van der Waals surface area contributed by atoms with E-state index >= 15 is 0 Å². The molecule has 0 spiro atoms. The molecule has 1 aliphatic heterocycles. The van der Waals surface area contributed by atoms with Crippen molar-refractivity contribution in [3.8, 4) is 11.1 Å². The zero-order chi connectivity index (χ0) is 18.4. The molecule has 0 fully saturated rings. The van der Waals surface area contributed by atoms with E-state index in [0.29, 0.717) is 23.1 Å². The largest absolute Gasteiger partial charge is 0.289 e. The Morgan fingerprint density at radius 3 is 2.67 bits per heavy atom. The van der Waals surface area contributed by atoms with Crippen LogP contribution in [0.3, 0.4) is 0 Å². The molecule has 8 heteroatoms. The molecule has 0 N–H and O–H groups in total. The lowest BCUT2D eigenvalue weighted by atomic mass is 10.0. The van der Waals surface area contributed by atoms with Gasteiger partial charge in [0.2, 0.25) is 0 Å². The molecule has 1 aliphatic rings. The number of aromatic nitrogens is 4. The number of hydrogen-bond acceptors (Lipinski definition) is 4. The van der Waals surface area contributed by atoms with Gasteiger partial charge in [-0.3, -0.25) is 19.4 Å². The first-order valence-electron chi connectivity index (χ1n) is 8.40. The predicted octanol–water partition coefficient (Wildman–Crippen LogP) is 3.94. The van der Waals surface area contributed by atoms with Crippen molar-refractivity contribution in [2.75, 3.05) is 11.4 Å². The standard InChI is InChI=1S/C19H18ClN5O.H2S/c1-11-8-22-17(7-16(11)20)24-10-13(3)25-18(19(24)26)15(9-23-25)14-4-5-21-12(2)6-14;/h4-9,13H,10H2,1-3H3;1H2/t13-;/m0./s1. The van der Waals surface area contributed by atoms with Crippen LogP contribution in [-0.4, -0.2) is 32.2 Å². The first kappa shape index (κ1) is 19.4. The van der Waals surface area contributed by atoms with Crippen molar-refractivity contribution in [3.05, 3.63) is 58.8 Å². The van der Waals surface area contributed by atoms with Gasteiger partial charge < -0.3 is 0 Å². The van der Waals surface area contributed by atoms with Crippen molar-refractivity contribution in [3.63, 3.8) is 0 Å². The molecule has 0 aliphatic carbocycles. The topological polar surface area (TPSA) is 63.9 Å². The Bertz CT molecular complexity index is 1020. The second-order valence-corrected chi connectivity index (χ2v) is 7.00. The maximum absolute atomic E-state index is 13.3. The molecular weight excluding hydrogens is 382 g/mol. The van der Waals surface area contributed by atoms with Crippen LogP contribution in [0.5, 0.6) is 0 Å². The number of aryl methyl sites for hydroxylation is 2. The molecule has 0 bridgehead atoms. The Balaban J connectivity index is 0.00000210. The fourth-order valence-corrected chi connectivity index (χ4v) is 3.37. The molecule has 4 heterocycles. The van der Waals surface area contributed by atoms with Crippen LogP contribution in [0, 0.1) is 13.8 Å². The highest BCUT2D eigenvalue weighted by atomic mass is 35.5. The zero-order valence-electron chi connectivity index (χ0n) is 15.3. The van der Waals surface area contributed by atoms with Crippen molar-refractivity contribution in [2.45, 2.75) is 26.8 Å². The third-order valence-electron chi connectivity index (χ3n) is 4.61. The summed E-state index contributed by atoms with van der Waals surface area (Å²) < 4.78 is 1.79. The van der Waals surface area contributed by atoms with E-state index in [1.165, 1.54) is 0 Å². The summed E-state index contributed by atoms with van der Waals surface area (Å²) in [6, 6.07) is 5.61. The summed E-state index contributed by atoms with van der Waals surface area (Å²) in [6.07, 6.45) is 5.18. The summed E-state index contributed by atoms with van der Waals surface area (Å²) in [5.74, 6) is 0.430. The van der Waals surface area contributed by atoms with E-state index < -0.39 is 0 Å². The molecule has 0 saturated carbocycles. The van der Waals surface area contributed by atoms with Gasteiger partial charge in [0.1, 0.15) is 11.5 Å². The predicted molar refractivity (Wildman–Crippen MR) is 111 cm³/mol. The third-order valence-corrected chi connectivity index (χ3v) is 5.02. The summed E-state index contributed by atoms with van der Waals surface area (Å²) in [5.41, 5.74) is 4.06. The highest BCUT2D eigenvalue weighted by Gasteiger charge is 2.34. The van der Waals surface area contributed by atoms with Crippen LogP contribution in [0.4, 0.5) is 5.82 Å². The number of nitrogens with zero attached hydrogens (tertiary/aromatic N) is 5. The summed E-state index contributed by atoms with van der Waals surface area (Å²) in [7, 11) is 0. The number of fused-ring (bicyclic) bond motifs is 1. The molecular formula is C19H20ClN5OS. The smallest absolute Gasteiger partial charge is 0.278 e. The molecule has 3 aromatic rings. The molecule has 1 amide bonds. The lowest BCUT2D eigenvalue weighted by Crippen LogP contribution is -2.43. The minimum absolute atomic E-state index is 0. The van der Waals surface area contributed by atoms with Gasteiger partial charge in [0.15, 0.2) is 0 Å². The number of rotatable bonds is 2. The van der Waals surface area contributed by atoms with Crippen molar-refractivity contribution in [1.29, 1.82) is 0 Å². The Morgan fingerprint density at radius 2 is 1.96 bits per heavy atom. The Hall–Kier alpha value is -2.38. The fourth-order valence-electron chi connectivity index (χ4n) is 3.22. The van der Waals surface area contributed by atoms with Gasteiger partial charge in [-0.2, -0.15) is 18.6 Å². The number of hydrogen-bond donors (Lipinski definition) is 0. The lowest BCUT2D eigenvalue weighted by molar-refractivity contribution is 0.0953. The van der Waals surface area contributed by atoms with E-state index in [-0.39, 0.29) is 25.4 Å². The van der Waals surface area contributed by atoms with Crippen LogP contribution >= 0.6 is 25.1 Å². The second kappa shape index (κ2) is 7.32. The van der Waals surface area contributed by atoms with Crippen LogP contribution < -0.4 is 4.90 Å². The molecule has 1 atom stereocenters. The number of carbonyl (C=O) groups excluding carboxylic acids is 1. The van der Waals surface area contributed by atoms with Crippen molar-refractivity contribution >= 4 is 36.8 Å². The number of carbonyl (C=O) groups is 1. The third kappa shape index (κ3) is 3.33. The van der Waals surface area contributed by atoms with Gasteiger partial charge in [-0.1, -0.05) is 11.6 Å². The lowest BCUT2D eigenvalue weighted by Gasteiger charge is -2.31. The molecule has 0 radical (unpaired) electrons. The molecule has 0 unspecified atom stereocenters. The van der Waals surface area contributed by atoms with Gasteiger partial charge in [0.05, 0.1) is 12.2 Å². The van der Waals surface area contributed by atoms with E-state index in [1.807, 2.05) is 32.9 Å². The summed E-state index contributed by atoms with van der Waals surface area (Å²) in [5, 5.41) is 5.05. The molecule has 3 aromatic heterocycles. The second-order valence-electron chi connectivity index (χ2n) is 6.59. The van der Waals surface area contributed by atoms with Crippen molar-refractivity contribution in [2.24, 2.45) is 0 Å². The number of amides is 1. The Kier molecular flexibility index (Phi) is 5.26. The quantitative estimate of drug-likeness (QED) is 0.652. The fraction of sp³-hybridized carbons (Fsp3) is 0.263. The van der Waals surface area contributed by atoms with Gasteiger partial charge in [0, 0.05) is 41.3 Å². The van der Waals surface area contributed by atoms with Crippen molar-refractivity contribution in [1.82, 2.24) is 19.7 Å². The van der Waals surface area contributed by atoms with Crippen LogP contribution in [-0.2, 0) is 0 Å². The Morgan fingerprint density at radius 1 is 1.19 bits per heavy atom. The van der Waals surface area contributed by atoms with Crippen LogP contribution in [0.15, 0.2) is 36.8 Å². The average molecular weight is 402 g/mol. The number of pyridine rings is 2. The Labute approximate surface area is 169 Å². The number of anilines is 1. The minimum Gasteiger partial charge on any atom is -0.289 e. The average Bonchev–Trinajstić information content (AvgIpc) is 3.06. The van der Waals surface area contributed by atoms with Gasteiger partial charge in [-0.25, -0.2) is 4.98 Å². The van der Waals surface area contributed by atoms with Crippen LogP contribution in [0.1, 0.15) is 34.7 Å². The van der Waals surface area contributed by atoms with E-state index in [1.54, 1.807) is 34.2 Å². The van der Waals surface area contributed by atoms with E-state index in [9.17, 15) is 4.79 Å². The van der Waals surface area contributed by atoms with Gasteiger partial charge in [-0.05, 0) is 44.0 Å². The normalized spacial score (nSPS) is 16.1. The molecule has 0 aromatic carbocycles. The highest BCUT2D eigenvalue weighted by Crippen LogP contribution is 2.33.